The molecule has 0 amide bonds. The average Bonchev–Trinajstić information content (AvgIpc) is 2.36. The zero-order valence-electron chi connectivity index (χ0n) is 5.63. The number of hydrogen-bond acceptors (Lipinski definition) is 2. The molecule has 0 aliphatic rings. The molecule has 0 spiro atoms. The Hall–Kier alpha value is -1.38. The fourth-order valence-corrected chi connectivity index (χ4v) is 0.980. The number of aromatic amines is 1. The first-order chi connectivity index (χ1) is 4.88. The molecule has 0 aromatic carbocycles. The van der Waals surface area contributed by atoms with Crippen LogP contribution >= 0.6 is 0 Å². The highest BCUT2D eigenvalue weighted by Crippen LogP contribution is 2.10. The minimum absolute atomic E-state index is 0. The van der Waals surface area contributed by atoms with Crippen LogP contribution in [0, 0.1) is 6.92 Å². The van der Waals surface area contributed by atoms with Gasteiger partial charge < -0.3 is 0 Å². The molecule has 10 heavy (non-hydrogen) atoms. The van der Waals surface area contributed by atoms with Gasteiger partial charge in [0.2, 0.25) is 0 Å². The Kier molecular flexibility index (Phi) is 0.974. The molecule has 2 heterocycles. The normalized spacial score (nSPS) is 10.5. The Morgan fingerprint density at radius 1 is 1.60 bits per heavy atom. The van der Waals surface area contributed by atoms with Crippen LogP contribution in [0.3, 0.4) is 0 Å². The first-order valence-electron chi connectivity index (χ1n) is 3.12. The maximum atomic E-state index is 4.08. The predicted molar refractivity (Wildman–Crippen MR) is 40.7 cm³/mol. The van der Waals surface area contributed by atoms with Crippen molar-refractivity contribution in [2.24, 2.45) is 0 Å². The van der Waals surface area contributed by atoms with Crippen LogP contribution in [0.4, 0.5) is 0 Å². The number of H-pyrrole nitrogens is 1. The second-order valence-electron chi connectivity index (χ2n) is 2.26. The lowest BCUT2D eigenvalue weighted by Crippen LogP contribution is -1.77. The van der Waals surface area contributed by atoms with E-state index in [1.807, 2.05) is 13.0 Å². The molecule has 2 aromatic rings. The fourth-order valence-electron chi connectivity index (χ4n) is 0.980. The number of rotatable bonds is 0. The number of nitrogens with one attached hydrogen (secondary N) is 1. The van der Waals surface area contributed by atoms with E-state index in [0.717, 1.165) is 11.0 Å². The van der Waals surface area contributed by atoms with E-state index in [-0.39, 0.29) is 1.43 Å². The predicted octanol–water partition coefficient (Wildman–Crippen LogP) is 1.51. The highest BCUT2D eigenvalue weighted by atomic mass is 15.1. The molecule has 0 aliphatic heterocycles. The Morgan fingerprint density at radius 2 is 2.50 bits per heavy atom. The summed E-state index contributed by atoms with van der Waals surface area (Å²) in [5, 5.41) is 7.77. The lowest BCUT2D eigenvalue weighted by atomic mass is 10.2. The van der Waals surface area contributed by atoms with Crippen molar-refractivity contribution in [3.63, 3.8) is 0 Å². The lowest BCUT2D eigenvalue weighted by Gasteiger charge is -1.89. The number of aryl methyl sites for hydroxylation is 1. The highest BCUT2D eigenvalue weighted by molar-refractivity contribution is 5.77. The molecule has 0 saturated carbocycles. The molecule has 1 N–H and O–H groups in total. The minimum Gasteiger partial charge on any atom is -0.261 e. The number of pyridine rings is 1. The SMILES string of the molecule is Cc1ccnc2[nH]ncc12.[HH]. The maximum absolute atomic E-state index is 4.08. The molecule has 0 saturated heterocycles. The molecule has 2 rings (SSSR count). The standard InChI is InChI=1S/C7H7N3.H2/c1-5-2-3-8-7-6(5)4-9-10-7;/h2-4H,1H3,(H,8,9,10);1H. The van der Waals surface area contributed by atoms with Gasteiger partial charge in [-0.25, -0.2) is 4.98 Å². The Balaban J connectivity index is 0.000000605. The molecule has 52 valence electrons. The summed E-state index contributed by atoms with van der Waals surface area (Å²) in [5.41, 5.74) is 2.07. The summed E-state index contributed by atoms with van der Waals surface area (Å²) >= 11 is 0. The zero-order valence-corrected chi connectivity index (χ0v) is 5.63. The van der Waals surface area contributed by atoms with Crippen molar-refractivity contribution in [1.82, 2.24) is 15.2 Å². The maximum Gasteiger partial charge on any atom is 0.155 e. The van der Waals surface area contributed by atoms with E-state index in [1.165, 1.54) is 5.56 Å². The van der Waals surface area contributed by atoms with Gasteiger partial charge >= 0.3 is 0 Å². The molecule has 0 aliphatic carbocycles. The van der Waals surface area contributed by atoms with Crippen LogP contribution in [-0.2, 0) is 0 Å². The summed E-state index contributed by atoms with van der Waals surface area (Å²) in [7, 11) is 0. The van der Waals surface area contributed by atoms with Crippen LogP contribution in [-0.4, -0.2) is 15.2 Å². The van der Waals surface area contributed by atoms with Gasteiger partial charge in [-0.15, -0.1) is 0 Å². The van der Waals surface area contributed by atoms with Gasteiger partial charge in [0, 0.05) is 13.0 Å². The molecule has 0 radical (unpaired) electrons. The fraction of sp³-hybridized carbons (Fsp3) is 0.143. The quantitative estimate of drug-likeness (QED) is 0.595. The van der Waals surface area contributed by atoms with Crippen molar-refractivity contribution in [1.29, 1.82) is 0 Å². The van der Waals surface area contributed by atoms with Crippen LogP contribution in [0.25, 0.3) is 11.0 Å². The Bertz CT molecular complexity index is 355. The van der Waals surface area contributed by atoms with Crippen molar-refractivity contribution in [2.75, 3.05) is 0 Å². The third-order valence-corrected chi connectivity index (χ3v) is 1.57. The van der Waals surface area contributed by atoms with Gasteiger partial charge in [0.1, 0.15) is 0 Å². The molecule has 3 nitrogen and oxygen atoms in total. The lowest BCUT2D eigenvalue weighted by molar-refractivity contribution is 1.10. The van der Waals surface area contributed by atoms with Gasteiger partial charge in [-0.3, -0.25) is 5.10 Å². The molecule has 2 aromatic heterocycles. The van der Waals surface area contributed by atoms with E-state index in [9.17, 15) is 0 Å². The summed E-state index contributed by atoms with van der Waals surface area (Å²) in [5.74, 6) is 0. The van der Waals surface area contributed by atoms with Crippen LogP contribution in [0.15, 0.2) is 18.5 Å². The molecule has 0 atom stereocenters. The van der Waals surface area contributed by atoms with Crippen molar-refractivity contribution >= 4 is 11.0 Å². The van der Waals surface area contributed by atoms with Gasteiger partial charge in [-0.2, -0.15) is 5.10 Å². The smallest absolute Gasteiger partial charge is 0.155 e. The van der Waals surface area contributed by atoms with E-state index in [1.54, 1.807) is 12.4 Å². The first kappa shape index (κ1) is 5.41. The summed E-state index contributed by atoms with van der Waals surface area (Å²) in [6, 6.07) is 1.97. The zero-order chi connectivity index (χ0) is 6.97. The summed E-state index contributed by atoms with van der Waals surface area (Å²) < 4.78 is 0. The van der Waals surface area contributed by atoms with Gasteiger partial charge in [-0.05, 0) is 18.6 Å². The van der Waals surface area contributed by atoms with Gasteiger partial charge in [0.15, 0.2) is 5.65 Å². The third kappa shape index (κ3) is 0.603. The van der Waals surface area contributed by atoms with Gasteiger partial charge in [0.25, 0.3) is 0 Å². The number of aromatic nitrogens is 3. The first-order valence-corrected chi connectivity index (χ1v) is 3.12. The topological polar surface area (TPSA) is 41.6 Å². The van der Waals surface area contributed by atoms with Gasteiger partial charge in [0.05, 0.1) is 6.20 Å². The van der Waals surface area contributed by atoms with Crippen LogP contribution in [0.2, 0.25) is 0 Å². The van der Waals surface area contributed by atoms with Crippen LogP contribution in [0.1, 0.15) is 6.99 Å². The van der Waals surface area contributed by atoms with E-state index >= 15 is 0 Å². The molecule has 0 unspecified atom stereocenters. The molecule has 0 fully saturated rings. The van der Waals surface area contributed by atoms with Crippen molar-refractivity contribution in [2.45, 2.75) is 6.92 Å². The molecule has 3 heteroatoms. The Morgan fingerprint density at radius 3 is 3.30 bits per heavy atom. The number of hydrogen-bond donors (Lipinski definition) is 1. The van der Waals surface area contributed by atoms with Gasteiger partial charge in [-0.1, -0.05) is 0 Å². The largest absolute Gasteiger partial charge is 0.261 e. The van der Waals surface area contributed by atoms with E-state index in [0.29, 0.717) is 0 Å². The second kappa shape index (κ2) is 1.80. The minimum atomic E-state index is 0. The van der Waals surface area contributed by atoms with Crippen LogP contribution < -0.4 is 0 Å². The number of fused-ring (bicyclic) bond motifs is 1. The van der Waals surface area contributed by atoms with E-state index in [2.05, 4.69) is 15.2 Å². The average molecular weight is 135 g/mol. The van der Waals surface area contributed by atoms with Crippen LogP contribution in [0.5, 0.6) is 0 Å². The van der Waals surface area contributed by atoms with Crippen molar-refractivity contribution < 1.29 is 1.43 Å². The highest BCUT2D eigenvalue weighted by Gasteiger charge is 1.96. The molecular formula is C7H9N3. The van der Waals surface area contributed by atoms with E-state index in [4.69, 9.17) is 0 Å². The second-order valence-corrected chi connectivity index (χ2v) is 2.26. The monoisotopic (exact) mass is 135 g/mol. The summed E-state index contributed by atoms with van der Waals surface area (Å²) in [6.45, 7) is 2.04. The molecular weight excluding hydrogens is 126 g/mol. The van der Waals surface area contributed by atoms with E-state index < -0.39 is 0 Å². The molecule has 0 bridgehead atoms. The van der Waals surface area contributed by atoms with Crippen molar-refractivity contribution in [3.8, 4) is 0 Å². The Labute approximate surface area is 59.6 Å². The number of nitrogens with zero attached hydrogens (tertiary/aromatic N) is 2. The van der Waals surface area contributed by atoms with Crippen molar-refractivity contribution in [3.05, 3.63) is 24.0 Å². The summed E-state index contributed by atoms with van der Waals surface area (Å²) in [6.07, 6.45) is 3.56. The summed E-state index contributed by atoms with van der Waals surface area (Å²) in [4.78, 5) is 4.08. The third-order valence-electron chi connectivity index (χ3n) is 1.57.